The Morgan fingerprint density at radius 2 is 1.85 bits per heavy atom. The van der Waals surface area contributed by atoms with E-state index in [-0.39, 0.29) is 0 Å². The zero-order valence-corrected chi connectivity index (χ0v) is 15.2. The largest absolute Gasteiger partial charge is 0.365 e. The number of urea groups is 1. The average Bonchev–Trinajstić information content (AvgIpc) is 3.21. The highest BCUT2D eigenvalue weighted by molar-refractivity contribution is 7.17. The van der Waals surface area contributed by atoms with Crippen molar-refractivity contribution in [3.63, 3.8) is 0 Å². The summed E-state index contributed by atoms with van der Waals surface area (Å²) in [7, 11) is 0. The molecule has 0 radical (unpaired) electrons. The molecule has 9 heteroatoms. The van der Waals surface area contributed by atoms with Crippen LogP contribution in [0.3, 0.4) is 0 Å². The van der Waals surface area contributed by atoms with Crippen LogP contribution in [-0.2, 0) is 22.3 Å². The maximum atomic E-state index is 13.0. The van der Waals surface area contributed by atoms with Gasteiger partial charge >= 0.3 is 6.03 Å². The van der Waals surface area contributed by atoms with Gasteiger partial charge in [0.2, 0.25) is 0 Å². The number of ether oxygens (including phenoxy) is 2. The molecule has 0 unspecified atom stereocenters. The Morgan fingerprint density at radius 1 is 1.15 bits per heavy atom. The fourth-order valence-corrected chi connectivity index (χ4v) is 4.79. The standard InChI is InChI=1S/C18H18FN3O4S/c19-10-1-3-11(4-2-10)21-17(24)22-16-14(15(20)23)12-5-6-18(9-13(12)27-16)25-7-8-26-18/h1-4H,5-9H2,(H2,20,23)(H2,21,22,24). The predicted octanol–water partition coefficient (Wildman–Crippen LogP) is 2.86. The minimum atomic E-state index is -0.638. The number of thiophene rings is 1. The number of hydrogen-bond donors (Lipinski definition) is 3. The van der Waals surface area contributed by atoms with Gasteiger partial charge in [-0.25, -0.2) is 9.18 Å². The van der Waals surface area contributed by atoms with E-state index in [2.05, 4.69) is 10.6 Å². The Kier molecular flexibility index (Phi) is 4.58. The van der Waals surface area contributed by atoms with Gasteiger partial charge in [0, 0.05) is 23.4 Å². The summed E-state index contributed by atoms with van der Waals surface area (Å²) in [4.78, 5) is 25.2. The molecule has 4 rings (SSSR count). The van der Waals surface area contributed by atoms with E-state index in [4.69, 9.17) is 15.2 Å². The number of anilines is 2. The van der Waals surface area contributed by atoms with E-state index in [1.165, 1.54) is 35.6 Å². The Morgan fingerprint density at radius 3 is 2.52 bits per heavy atom. The fourth-order valence-electron chi connectivity index (χ4n) is 3.46. The van der Waals surface area contributed by atoms with Crippen molar-refractivity contribution in [3.05, 3.63) is 46.1 Å². The van der Waals surface area contributed by atoms with Crippen LogP contribution in [-0.4, -0.2) is 30.9 Å². The van der Waals surface area contributed by atoms with Gasteiger partial charge in [0.15, 0.2) is 5.79 Å². The maximum absolute atomic E-state index is 13.0. The van der Waals surface area contributed by atoms with Crippen LogP contribution < -0.4 is 16.4 Å². The maximum Gasteiger partial charge on any atom is 0.324 e. The smallest absolute Gasteiger partial charge is 0.324 e. The van der Waals surface area contributed by atoms with Crippen molar-refractivity contribution < 1.29 is 23.5 Å². The second-order valence-corrected chi connectivity index (χ2v) is 7.55. The quantitative estimate of drug-likeness (QED) is 0.749. The number of amides is 3. The molecular formula is C18H18FN3O4S. The number of carbonyl (C=O) groups excluding carboxylic acids is 2. The fraction of sp³-hybridized carbons (Fsp3) is 0.333. The summed E-state index contributed by atoms with van der Waals surface area (Å²) < 4.78 is 24.5. The summed E-state index contributed by atoms with van der Waals surface area (Å²) in [5.74, 6) is -1.62. The van der Waals surface area contributed by atoms with E-state index < -0.39 is 23.5 Å². The summed E-state index contributed by atoms with van der Waals surface area (Å²) in [6.07, 6.45) is 1.75. The van der Waals surface area contributed by atoms with Crippen LogP contribution >= 0.6 is 11.3 Å². The van der Waals surface area contributed by atoms with Crippen molar-refractivity contribution in [1.82, 2.24) is 0 Å². The van der Waals surface area contributed by atoms with Crippen LogP contribution in [0.1, 0.15) is 27.2 Å². The molecule has 1 saturated heterocycles. The van der Waals surface area contributed by atoms with Crippen molar-refractivity contribution in [2.75, 3.05) is 23.8 Å². The van der Waals surface area contributed by atoms with Gasteiger partial charge in [-0.2, -0.15) is 0 Å². The predicted molar refractivity (Wildman–Crippen MR) is 98.5 cm³/mol. The van der Waals surface area contributed by atoms with Gasteiger partial charge in [-0.15, -0.1) is 11.3 Å². The van der Waals surface area contributed by atoms with Crippen molar-refractivity contribution in [2.24, 2.45) is 5.73 Å². The number of carbonyl (C=O) groups is 2. The molecule has 0 bridgehead atoms. The highest BCUT2D eigenvalue weighted by atomic mass is 32.1. The zero-order chi connectivity index (χ0) is 19.0. The first kappa shape index (κ1) is 17.9. The molecule has 1 fully saturated rings. The first-order chi connectivity index (χ1) is 13.0. The Labute approximate surface area is 158 Å². The number of nitrogens with one attached hydrogen (secondary N) is 2. The molecule has 1 aliphatic carbocycles. The van der Waals surface area contributed by atoms with E-state index in [0.29, 0.717) is 48.7 Å². The summed E-state index contributed by atoms with van der Waals surface area (Å²) in [6, 6.07) is 4.85. The summed E-state index contributed by atoms with van der Waals surface area (Å²) in [6.45, 7) is 1.10. The van der Waals surface area contributed by atoms with Gasteiger partial charge in [0.05, 0.1) is 18.8 Å². The first-order valence-corrected chi connectivity index (χ1v) is 9.33. The van der Waals surface area contributed by atoms with E-state index in [1.54, 1.807) is 0 Å². The van der Waals surface area contributed by atoms with Gasteiger partial charge in [0.25, 0.3) is 5.91 Å². The second-order valence-electron chi connectivity index (χ2n) is 6.44. The summed E-state index contributed by atoms with van der Waals surface area (Å²) in [5.41, 5.74) is 7.17. The number of halogens is 1. The first-order valence-electron chi connectivity index (χ1n) is 8.52. The lowest BCUT2D eigenvalue weighted by Crippen LogP contribution is -2.36. The van der Waals surface area contributed by atoms with E-state index in [1.807, 2.05) is 0 Å². The lowest BCUT2D eigenvalue weighted by molar-refractivity contribution is -0.163. The van der Waals surface area contributed by atoms with Crippen LogP contribution in [0.15, 0.2) is 24.3 Å². The van der Waals surface area contributed by atoms with Crippen LogP contribution in [0.5, 0.6) is 0 Å². The second kappa shape index (κ2) is 6.91. The van der Waals surface area contributed by atoms with Crippen molar-refractivity contribution in [1.29, 1.82) is 0 Å². The molecule has 1 aromatic heterocycles. The van der Waals surface area contributed by atoms with Crippen LogP contribution in [0, 0.1) is 5.82 Å². The molecule has 2 heterocycles. The lowest BCUT2D eigenvalue weighted by atomic mass is 9.90. The number of primary amides is 1. The van der Waals surface area contributed by atoms with E-state index >= 15 is 0 Å². The van der Waals surface area contributed by atoms with E-state index in [0.717, 1.165) is 10.4 Å². The zero-order valence-electron chi connectivity index (χ0n) is 14.3. The van der Waals surface area contributed by atoms with Crippen LogP contribution in [0.2, 0.25) is 0 Å². The molecule has 7 nitrogen and oxygen atoms in total. The Hall–Kier alpha value is -2.49. The van der Waals surface area contributed by atoms with Gasteiger partial charge in [0.1, 0.15) is 10.8 Å². The lowest BCUT2D eigenvalue weighted by Gasteiger charge is -2.31. The van der Waals surface area contributed by atoms with Crippen molar-refractivity contribution >= 4 is 34.0 Å². The molecular weight excluding hydrogens is 373 g/mol. The van der Waals surface area contributed by atoms with Gasteiger partial charge in [-0.05, 0) is 36.2 Å². The summed E-state index contributed by atoms with van der Waals surface area (Å²) >= 11 is 1.30. The highest BCUT2D eigenvalue weighted by Gasteiger charge is 2.42. The highest BCUT2D eigenvalue weighted by Crippen LogP contribution is 2.43. The summed E-state index contributed by atoms with van der Waals surface area (Å²) in [5, 5.41) is 5.68. The third kappa shape index (κ3) is 3.53. The third-order valence-electron chi connectivity index (χ3n) is 4.67. The topological polar surface area (TPSA) is 103 Å². The number of hydrogen-bond acceptors (Lipinski definition) is 5. The third-order valence-corrected chi connectivity index (χ3v) is 5.81. The molecule has 1 spiro atoms. The monoisotopic (exact) mass is 391 g/mol. The molecule has 4 N–H and O–H groups in total. The normalized spacial score (nSPS) is 17.5. The molecule has 0 saturated carbocycles. The average molecular weight is 391 g/mol. The minimum absolute atomic E-state index is 0.331. The molecule has 3 amide bonds. The van der Waals surface area contributed by atoms with Gasteiger partial charge in [-0.1, -0.05) is 0 Å². The van der Waals surface area contributed by atoms with Gasteiger partial charge < -0.3 is 20.5 Å². The molecule has 1 aliphatic heterocycles. The van der Waals surface area contributed by atoms with Crippen LogP contribution in [0.4, 0.5) is 19.9 Å². The Balaban J connectivity index is 1.55. The van der Waals surface area contributed by atoms with Crippen LogP contribution in [0.25, 0.3) is 0 Å². The molecule has 2 aliphatic rings. The van der Waals surface area contributed by atoms with Gasteiger partial charge in [-0.3, -0.25) is 10.1 Å². The molecule has 142 valence electrons. The number of rotatable bonds is 3. The molecule has 27 heavy (non-hydrogen) atoms. The molecule has 0 atom stereocenters. The Bertz CT molecular complexity index is 891. The van der Waals surface area contributed by atoms with Crippen molar-refractivity contribution in [3.8, 4) is 0 Å². The molecule has 2 aromatic rings. The molecule has 1 aromatic carbocycles. The van der Waals surface area contributed by atoms with Crippen molar-refractivity contribution in [2.45, 2.75) is 25.0 Å². The minimum Gasteiger partial charge on any atom is -0.365 e. The SMILES string of the molecule is NC(=O)c1c(NC(=O)Nc2ccc(F)cc2)sc2c1CCC1(C2)OCCO1. The number of fused-ring (bicyclic) bond motifs is 1. The number of nitrogens with two attached hydrogens (primary N) is 1. The van der Waals surface area contributed by atoms with E-state index in [9.17, 15) is 14.0 Å². The number of benzene rings is 1.